The Morgan fingerprint density at radius 2 is 1.57 bits per heavy atom. The highest BCUT2D eigenvalue weighted by Gasteiger charge is 2.07. The van der Waals surface area contributed by atoms with Gasteiger partial charge in [0.1, 0.15) is 5.69 Å². The molecule has 0 fully saturated rings. The summed E-state index contributed by atoms with van der Waals surface area (Å²) in [7, 11) is 0. The van der Waals surface area contributed by atoms with Crippen LogP contribution in [0.5, 0.6) is 0 Å². The Bertz CT molecular complexity index is 968. The van der Waals surface area contributed by atoms with Crippen LogP contribution in [0, 0.1) is 5.21 Å². The summed E-state index contributed by atoms with van der Waals surface area (Å²) in [6.07, 6.45) is 3.37. The molecule has 2 aromatic carbocycles. The van der Waals surface area contributed by atoms with Crippen molar-refractivity contribution in [2.24, 2.45) is 5.11 Å². The first-order valence-electron chi connectivity index (χ1n) is 6.35. The molecule has 2 heterocycles. The number of azo groups is 1. The van der Waals surface area contributed by atoms with Crippen LogP contribution >= 0.6 is 0 Å². The molecule has 7 nitrogen and oxygen atoms in total. The third-order valence-corrected chi connectivity index (χ3v) is 3.27. The van der Waals surface area contributed by atoms with E-state index in [1.165, 1.54) is 0 Å². The summed E-state index contributed by atoms with van der Waals surface area (Å²) in [4.78, 5) is 0.605. The maximum absolute atomic E-state index is 12.1. The average molecular weight is 278 g/mol. The second-order valence-electron chi connectivity index (χ2n) is 4.66. The summed E-state index contributed by atoms with van der Waals surface area (Å²) in [5.74, 6) is 0. The van der Waals surface area contributed by atoms with E-state index in [1.54, 1.807) is 42.7 Å². The van der Waals surface area contributed by atoms with Gasteiger partial charge in [0, 0.05) is 28.0 Å². The molecule has 0 spiro atoms. The number of hydrogen-bond acceptors (Lipinski definition) is 4. The summed E-state index contributed by atoms with van der Waals surface area (Å²) >= 11 is 0. The van der Waals surface area contributed by atoms with E-state index >= 15 is 0 Å². The number of nitrogens with zero attached hydrogens (tertiary/aromatic N) is 4. The lowest BCUT2D eigenvalue weighted by molar-refractivity contribution is -0.435. The van der Waals surface area contributed by atoms with Crippen LogP contribution in [-0.2, 0) is 0 Å². The summed E-state index contributed by atoms with van der Waals surface area (Å²) in [5.41, 5.74) is 2.82. The first-order chi connectivity index (χ1) is 10.3. The Morgan fingerprint density at radius 3 is 2.33 bits per heavy atom. The van der Waals surface area contributed by atoms with E-state index in [0.29, 0.717) is 16.2 Å². The number of rotatable bonds is 2. The van der Waals surface area contributed by atoms with Gasteiger partial charge in [0.2, 0.25) is 5.69 Å². The van der Waals surface area contributed by atoms with Crippen LogP contribution in [0.25, 0.3) is 21.8 Å². The van der Waals surface area contributed by atoms with Crippen molar-refractivity contribution in [1.29, 1.82) is 0 Å². The second-order valence-corrected chi connectivity index (χ2v) is 4.66. The highest BCUT2D eigenvalue weighted by atomic mass is 16.5. The van der Waals surface area contributed by atoms with E-state index in [0.717, 1.165) is 21.8 Å². The molecule has 102 valence electrons. The molecular weight excluding hydrogens is 268 g/mol. The van der Waals surface area contributed by atoms with Gasteiger partial charge < -0.3 is 5.21 Å². The molecule has 0 radical (unpaired) electrons. The molecule has 0 aliphatic rings. The molecule has 0 aliphatic heterocycles. The van der Waals surface area contributed by atoms with Crippen LogP contribution < -0.4 is 0 Å². The quantitative estimate of drug-likeness (QED) is 0.334. The lowest BCUT2D eigenvalue weighted by Crippen LogP contribution is -1.90. The molecule has 0 unspecified atom stereocenters. The molecule has 0 atom stereocenters. The van der Waals surface area contributed by atoms with Crippen molar-refractivity contribution in [3.63, 3.8) is 0 Å². The zero-order valence-electron chi connectivity index (χ0n) is 10.8. The van der Waals surface area contributed by atoms with Gasteiger partial charge in [0.25, 0.3) is 0 Å². The summed E-state index contributed by atoms with van der Waals surface area (Å²) in [6.45, 7) is 0. The van der Waals surface area contributed by atoms with Crippen molar-refractivity contribution < 1.29 is 4.86 Å². The lowest BCUT2D eigenvalue weighted by Gasteiger charge is -2.00. The van der Waals surface area contributed by atoms with E-state index in [1.807, 2.05) is 6.07 Å². The van der Waals surface area contributed by atoms with Crippen LogP contribution in [0.4, 0.5) is 11.4 Å². The molecule has 4 aromatic rings. The third kappa shape index (κ3) is 2.00. The van der Waals surface area contributed by atoms with Gasteiger partial charge in [-0.25, -0.2) is 0 Å². The molecule has 0 saturated carbocycles. The van der Waals surface area contributed by atoms with Crippen LogP contribution in [0.15, 0.2) is 53.9 Å². The molecular formula is C14H10N6O. The van der Waals surface area contributed by atoms with Crippen LogP contribution in [0.1, 0.15) is 0 Å². The third-order valence-electron chi connectivity index (χ3n) is 3.27. The minimum absolute atomic E-state index is 0.455. The Morgan fingerprint density at radius 1 is 0.905 bits per heavy atom. The Kier molecular flexibility index (Phi) is 2.43. The summed E-state index contributed by atoms with van der Waals surface area (Å²) < 4.78 is 0. The van der Waals surface area contributed by atoms with Crippen molar-refractivity contribution in [1.82, 2.24) is 20.4 Å². The van der Waals surface area contributed by atoms with E-state index in [4.69, 9.17) is 0 Å². The zero-order chi connectivity index (χ0) is 14.2. The predicted octanol–water partition coefficient (Wildman–Crippen LogP) is 3.36. The fourth-order valence-electron chi connectivity index (χ4n) is 2.20. The maximum Gasteiger partial charge on any atom is 0.245 e. The standard InChI is InChI=1S/C14H10N6O/c21-20(12-2-4-14-10(6-12)8-16-18-14)19-11-1-3-13-9(5-11)7-15-17-13/h1-8H,(H,15,17)(H,16,18). The van der Waals surface area contributed by atoms with Crippen LogP contribution in [0.3, 0.4) is 0 Å². The van der Waals surface area contributed by atoms with Crippen molar-refractivity contribution in [3.05, 3.63) is 54.0 Å². The Balaban J connectivity index is 1.75. The number of nitrogens with one attached hydrogen (secondary N) is 2. The van der Waals surface area contributed by atoms with Gasteiger partial charge in [-0.2, -0.15) is 10.2 Å². The van der Waals surface area contributed by atoms with Gasteiger partial charge in [-0.1, -0.05) is 4.86 Å². The highest BCUT2D eigenvalue weighted by Crippen LogP contribution is 2.23. The highest BCUT2D eigenvalue weighted by molar-refractivity contribution is 5.81. The predicted molar refractivity (Wildman–Crippen MR) is 77.6 cm³/mol. The van der Waals surface area contributed by atoms with Crippen molar-refractivity contribution in [3.8, 4) is 0 Å². The number of benzene rings is 2. The van der Waals surface area contributed by atoms with E-state index in [9.17, 15) is 5.21 Å². The number of fused-ring (bicyclic) bond motifs is 2. The van der Waals surface area contributed by atoms with Crippen LogP contribution in [0.2, 0.25) is 0 Å². The fourth-order valence-corrected chi connectivity index (χ4v) is 2.20. The van der Waals surface area contributed by atoms with Gasteiger partial charge in [0.05, 0.1) is 23.4 Å². The first-order valence-corrected chi connectivity index (χ1v) is 6.35. The summed E-state index contributed by atoms with van der Waals surface area (Å²) in [5, 5.41) is 31.5. The largest absolute Gasteiger partial charge is 0.594 e. The van der Waals surface area contributed by atoms with Crippen molar-refractivity contribution >= 4 is 33.2 Å². The molecule has 21 heavy (non-hydrogen) atoms. The van der Waals surface area contributed by atoms with Crippen LogP contribution in [-0.4, -0.2) is 25.3 Å². The van der Waals surface area contributed by atoms with E-state index in [2.05, 4.69) is 25.5 Å². The fraction of sp³-hybridized carbons (Fsp3) is 0. The first kappa shape index (κ1) is 11.6. The number of hydrogen-bond donors (Lipinski definition) is 2. The SMILES string of the molecule is [O-][N+](=Nc1ccc2[nH]ncc2c1)c1ccc2[nH]ncc2c1. The monoisotopic (exact) mass is 278 g/mol. The molecule has 0 aliphatic carbocycles. The number of aromatic nitrogens is 4. The normalized spacial score (nSPS) is 12.3. The van der Waals surface area contributed by atoms with Gasteiger partial charge in [-0.05, 0) is 24.3 Å². The smallest absolute Gasteiger partial charge is 0.245 e. The molecule has 0 bridgehead atoms. The molecule has 4 rings (SSSR count). The number of aromatic amines is 2. The zero-order valence-corrected chi connectivity index (χ0v) is 10.8. The summed E-state index contributed by atoms with van der Waals surface area (Å²) in [6, 6.07) is 10.7. The maximum atomic E-state index is 12.1. The molecule has 2 N–H and O–H groups in total. The Hall–Kier alpha value is -3.22. The van der Waals surface area contributed by atoms with E-state index < -0.39 is 0 Å². The number of H-pyrrole nitrogens is 2. The lowest BCUT2D eigenvalue weighted by atomic mass is 10.2. The average Bonchev–Trinajstić information content (AvgIpc) is 3.14. The van der Waals surface area contributed by atoms with E-state index in [-0.39, 0.29) is 0 Å². The molecule has 0 saturated heterocycles. The second kappa shape index (κ2) is 4.41. The topological polar surface area (TPSA) is 95.8 Å². The minimum atomic E-state index is 0.455. The minimum Gasteiger partial charge on any atom is -0.594 e. The van der Waals surface area contributed by atoms with Gasteiger partial charge in [-0.3, -0.25) is 10.2 Å². The molecule has 2 aromatic heterocycles. The Labute approximate surface area is 118 Å². The van der Waals surface area contributed by atoms with Gasteiger partial charge in [0.15, 0.2) is 0 Å². The van der Waals surface area contributed by atoms with Crippen molar-refractivity contribution in [2.75, 3.05) is 0 Å². The molecule has 7 heteroatoms. The van der Waals surface area contributed by atoms with Gasteiger partial charge >= 0.3 is 0 Å². The molecule has 0 amide bonds. The van der Waals surface area contributed by atoms with Gasteiger partial charge in [-0.15, -0.1) is 0 Å². The van der Waals surface area contributed by atoms with Crippen molar-refractivity contribution in [2.45, 2.75) is 0 Å².